The summed E-state index contributed by atoms with van der Waals surface area (Å²) in [5.41, 5.74) is 2.30. The first-order chi connectivity index (χ1) is 11.8. The molecule has 25 heavy (non-hydrogen) atoms. The van der Waals surface area contributed by atoms with Gasteiger partial charge in [0.2, 0.25) is 0 Å². The van der Waals surface area contributed by atoms with Gasteiger partial charge in [-0.25, -0.2) is 0 Å². The fraction of sp³-hybridized carbons (Fsp3) is 0.105. The number of phenols is 1. The van der Waals surface area contributed by atoms with E-state index in [9.17, 15) is 5.11 Å². The molecule has 0 amide bonds. The molecule has 0 bridgehead atoms. The predicted octanol–water partition coefficient (Wildman–Crippen LogP) is 2.82. The van der Waals surface area contributed by atoms with E-state index in [1.807, 2.05) is 12.1 Å². The molecule has 2 heterocycles. The van der Waals surface area contributed by atoms with Crippen molar-refractivity contribution in [3.63, 3.8) is 0 Å². The zero-order valence-corrected chi connectivity index (χ0v) is 20.8. The van der Waals surface area contributed by atoms with Gasteiger partial charge in [0, 0.05) is 0 Å². The normalized spacial score (nSPS) is 14.6. The molecule has 2 nitrogen and oxygen atoms in total. The quantitative estimate of drug-likeness (QED) is 0.325. The summed E-state index contributed by atoms with van der Waals surface area (Å²) >= 11 is 5.23. The summed E-state index contributed by atoms with van der Waals surface area (Å²) in [6.45, 7) is 9.05. The number of rotatable bonds is 1. The molecule has 4 rings (SSSR count). The van der Waals surface area contributed by atoms with Gasteiger partial charge in [0.05, 0.1) is 0 Å². The van der Waals surface area contributed by atoms with Crippen LogP contribution in [0.1, 0.15) is 0 Å². The number of halogens is 2. The second kappa shape index (κ2) is 6.33. The van der Waals surface area contributed by atoms with E-state index in [-0.39, 0.29) is 0 Å². The molecule has 3 aromatic rings. The molecule has 126 valence electrons. The van der Waals surface area contributed by atoms with E-state index in [0.29, 0.717) is 20.3 Å². The van der Waals surface area contributed by atoms with E-state index in [2.05, 4.69) is 83.1 Å². The van der Waals surface area contributed by atoms with Crippen LogP contribution in [0.3, 0.4) is 0 Å². The molecule has 0 saturated carbocycles. The zero-order chi connectivity index (χ0) is 17.9. The molecule has 0 aliphatic carbocycles. The minimum atomic E-state index is -2.00. The second-order valence-electron chi connectivity index (χ2n) is 6.66. The number of fused-ring (bicyclic) bond motifs is 2. The first-order valence-electron chi connectivity index (χ1n) is 7.79. The van der Waals surface area contributed by atoms with Crippen molar-refractivity contribution in [3.05, 3.63) is 53.0 Å². The van der Waals surface area contributed by atoms with E-state index in [1.165, 1.54) is 26.4 Å². The number of benzene rings is 2. The minimum absolute atomic E-state index is 0.320. The van der Waals surface area contributed by atoms with Gasteiger partial charge < -0.3 is 0 Å². The number of hydrogen-bond acceptors (Lipinski definition) is 2. The third-order valence-electron chi connectivity index (χ3n) is 4.68. The van der Waals surface area contributed by atoms with E-state index < -0.39 is 8.07 Å². The second-order valence-corrected chi connectivity index (χ2v) is 17.0. The Morgan fingerprint density at radius 1 is 1.12 bits per heavy atom. The Labute approximate surface area is 180 Å². The van der Waals surface area contributed by atoms with Crippen LogP contribution in [-0.2, 0) is 0 Å². The Balaban J connectivity index is 2.13. The Kier molecular flexibility index (Phi) is 4.55. The van der Waals surface area contributed by atoms with E-state index in [1.54, 1.807) is 6.07 Å². The molecule has 0 fully saturated rings. The first-order valence-corrected chi connectivity index (χ1v) is 14.7. The molecule has 6 heteroatoms. The molecule has 0 unspecified atom stereocenters. The maximum absolute atomic E-state index is 10.0. The van der Waals surface area contributed by atoms with Crippen molar-refractivity contribution in [1.82, 2.24) is 0 Å². The molecule has 1 aliphatic heterocycles. The van der Waals surface area contributed by atoms with Crippen molar-refractivity contribution in [2.75, 3.05) is 0 Å². The van der Waals surface area contributed by atoms with E-state index in [0.717, 1.165) is 16.3 Å². The monoisotopic (exact) mass is 635 g/mol. The van der Waals surface area contributed by atoms with Crippen LogP contribution in [0.5, 0.6) is 5.75 Å². The Morgan fingerprint density at radius 2 is 1.88 bits per heavy atom. The van der Waals surface area contributed by atoms with Gasteiger partial charge in [-0.05, 0) is 0 Å². The summed E-state index contributed by atoms with van der Waals surface area (Å²) in [7, 11) is -2.00. The molecule has 0 radical (unpaired) electrons. The Hall–Kier alpha value is -0.414. The molecule has 1 aromatic heterocycles. The van der Waals surface area contributed by atoms with Crippen LogP contribution in [0.4, 0.5) is 5.69 Å². The van der Waals surface area contributed by atoms with E-state index >= 15 is 0 Å². The van der Waals surface area contributed by atoms with Gasteiger partial charge in [0.25, 0.3) is 0 Å². The Morgan fingerprint density at radius 3 is 2.56 bits per heavy atom. The van der Waals surface area contributed by atoms with Crippen LogP contribution in [0.25, 0.3) is 16.6 Å². The average Bonchev–Trinajstić information content (AvgIpc) is 2.88. The Bertz CT molecular complexity index is 1120. The molecule has 0 spiro atoms. The summed E-state index contributed by atoms with van der Waals surface area (Å²) in [6.07, 6.45) is 0. The van der Waals surface area contributed by atoms with Gasteiger partial charge in [0.1, 0.15) is 0 Å². The molecule has 0 saturated heterocycles. The van der Waals surface area contributed by atoms with Gasteiger partial charge in [-0.2, -0.15) is 0 Å². The topological polar surface area (TPSA) is 32.6 Å². The summed E-state index contributed by atoms with van der Waals surface area (Å²) in [6, 6.07) is 12.1. The molecule has 2 aromatic carbocycles. The van der Waals surface area contributed by atoms with Crippen molar-refractivity contribution in [1.29, 1.82) is 0 Å². The van der Waals surface area contributed by atoms with Crippen molar-refractivity contribution in [2.45, 2.75) is 13.1 Å². The molecule has 1 N–H and O–H groups in total. The average molecular weight is 634 g/mol. The van der Waals surface area contributed by atoms with Gasteiger partial charge in [0.15, 0.2) is 0 Å². The SMILES string of the molecule is C=c1ccc2c(c1-c1cc(I)c(I)[se]1)[Si](C)(C)c1cc(O)ccc1N=2. The van der Waals surface area contributed by atoms with Crippen LogP contribution in [-0.4, -0.2) is 27.7 Å². The van der Waals surface area contributed by atoms with Crippen LogP contribution in [0.15, 0.2) is 41.4 Å². The number of phenolic OH excluding ortho intramolecular Hbond substituents is 1. The fourth-order valence-electron chi connectivity index (χ4n) is 3.50. The molecule has 1 aliphatic rings. The first kappa shape index (κ1) is 18.0. The molecule has 0 atom stereocenters. The van der Waals surface area contributed by atoms with Crippen molar-refractivity contribution < 1.29 is 5.11 Å². The maximum atomic E-state index is 10.0. The van der Waals surface area contributed by atoms with Gasteiger partial charge in [-0.3, -0.25) is 0 Å². The van der Waals surface area contributed by atoms with Crippen LogP contribution < -0.4 is 20.9 Å². The van der Waals surface area contributed by atoms with Gasteiger partial charge in [-0.15, -0.1) is 0 Å². The van der Waals surface area contributed by atoms with Crippen LogP contribution >= 0.6 is 45.2 Å². The molecular weight excluding hydrogens is 619 g/mol. The standard InChI is InChI=1S/C19H15I2NOSeSi/c1-10-4-6-14-18(17(10)15-9-12(20)19(21)24-15)25(2,3)16-8-11(23)5-7-13(16)22-14/h4-9,23H,1H2,2-3H3. The summed E-state index contributed by atoms with van der Waals surface area (Å²) in [5, 5.41) is 14.8. The third kappa shape index (κ3) is 2.90. The predicted molar refractivity (Wildman–Crippen MR) is 125 cm³/mol. The van der Waals surface area contributed by atoms with Crippen LogP contribution in [0.2, 0.25) is 13.1 Å². The summed E-state index contributed by atoms with van der Waals surface area (Å²) in [4.78, 5) is 4.92. The van der Waals surface area contributed by atoms with Crippen molar-refractivity contribution in [2.24, 2.45) is 4.99 Å². The zero-order valence-electron chi connectivity index (χ0n) is 13.7. The van der Waals surface area contributed by atoms with Crippen molar-refractivity contribution in [3.8, 4) is 15.8 Å². The number of hydrogen-bond donors (Lipinski definition) is 1. The van der Waals surface area contributed by atoms with Gasteiger partial charge >= 0.3 is 182 Å². The summed E-state index contributed by atoms with van der Waals surface area (Å²) < 4.78 is 4.20. The third-order valence-corrected chi connectivity index (χ3v) is 14.6. The summed E-state index contributed by atoms with van der Waals surface area (Å²) in [5.74, 6) is 0.320. The van der Waals surface area contributed by atoms with Crippen LogP contribution in [0, 0.1) is 6.01 Å². The number of aromatic hydroxyl groups is 1. The fourth-order valence-corrected chi connectivity index (χ4v) is 11.5. The molecular formula is C19H15I2NOSeSi. The number of nitrogens with zero attached hydrogens (tertiary/aromatic N) is 1. The van der Waals surface area contributed by atoms with E-state index in [4.69, 9.17) is 4.99 Å². The van der Waals surface area contributed by atoms with Gasteiger partial charge in [-0.1, -0.05) is 0 Å². The van der Waals surface area contributed by atoms with Crippen molar-refractivity contribution >= 4 is 90.4 Å².